The number of amides is 1. The number of nitrogens with zero attached hydrogens (tertiary/aromatic N) is 4. The van der Waals surface area contributed by atoms with Crippen molar-refractivity contribution in [1.82, 2.24) is 15.2 Å². The Hall–Kier alpha value is -2.64. The molecule has 7 nitrogen and oxygen atoms in total. The van der Waals surface area contributed by atoms with Crippen molar-refractivity contribution in [1.29, 1.82) is 10.5 Å². The van der Waals surface area contributed by atoms with Crippen molar-refractivity contribution < 1.29 is 4.79 Å². The molecule has 0 bridgehead atoms. The monoisotopic (exact) mass is 312 g/mol. The van der Waals surface area contributed by atoms with Gasteiger partial charge >= 0.3 is 0 Å². The Morgan fingerprint density at radius 1 is 1.39 bits per heavy atom. The Morgan fingerprint density at radius 3 is 2.96 bits per heavy atom. The summed E-state index contributed by atoms with van der Waals surface area (Å²) in [6, 6.07) is 7.42. The van der Waals surface area contributed by atoms with Crippen molar-refractivity contribution in [3.8, 4) is 12.1 Å². The number of pyridine rings is 1. The molecule has 0 aromatic carbocycles. The van der Waals surface area contributed by atoms with E-state index in [1.54, 1.807) is 17.0 Å². The molecule has 7 heteroatoms. The van der Waals surface area contributed by atoms with Crippen LogP contribution >= 0.6 is 0 Å². The molecule has 2 rings (SSSR count). The molecule has 0 spiro atoms. The summed E-state index contributed by atoms with van der Waals surface area (Å²) in [6.07, 6.45) is 4.06. The van der Waals surface area contributed by atoms with Crippen LogP contribution in [0.4, 0.5) is 5.82 Å². The summed E-state index contributed by atoms with van der Waals surface area (Å²) in [5.41, 5.74) is 0.535. The molecule has 0 aliphatic carbocycles. The molecule has 2 N–H and O–H groups in total. The summed E-state index contributed by atoms with van der Waals surface area (Å²) in [5.74, 6) is 0.727. The smallest absolute Gasteiger partial charge is 0.237 e. The molecule has 1 aromatic heterocycles. The molecule has 1 aromatic rings. The molecule has 1 fully saturated rings. The lowest BCUT2D eigenvalue weighted by Crippen LogP contribution is -2.40. The molecule has 1 aliphatic heterocycles. The van der Waals surface area contributed by atoms with Crippen LogP contribution in [0.1, 0.15) is 24.8 Å². The fraction of sp³-hybridized carbons (Fsp3) is 0.500. The topological polar surface area (TPSA) is 105 Å². The van der Waals surface area contributed by atoms with Crippen LogP contribution in [0.25, 0.3) is 0 Å². The average molecular weight is 312 g/mol. The van der Waals surface area contributed by atoms with E-state index in [0.717, 1.165) is 31.6 Å². The van der Waals surface area contributed by atoms with E-state index in [9.17, 15) is 4.79 Å². The molecule has 120 valence electrons. The predicted molar refractivity (Wildman–Crippen MR) is 85.3 cm³/mol. The largest absolute Gasteiger partial charge is 0.370 e. The molecular weight excluding hydrogens is 292 g/mol. The lowest BCUT2D eigenvalue weighted by molar-refractivity contribution is -0.130. The molecule has 1 saturated heterocycles. The molecule has 0 saturated carbocycles. The Bertz CT molecular complexity index is 600. The zero-order valence-electron chi connectivity index (χ0n) is 13.0. The maximum Gasteiger partial charge on any atom is 0.237 e. The van der Waals surface area contributed by atoms with Crippen molar-refractivity contribution in [3.63, 3.8) is 0 Å². The highest BCUT2D eigenvalue weighted by Crippen LogP contribution is 2.15. The molecule has 1 atom stereocenters. The van der Waals surface area contributed by atoms with E-state index in [2.05, 4.69) is 21.7 Å². The van der Waals surface area contributed by atoms with Gasteiger partial charge in [0, 0.05) is 19.3 Å². The second-order valence-corrected chi connectivity index (χ2v) is 5.38. The molecule has 2 heterocycles. The predicted octanol–water partition coefficient (Wildman–Crippen LogP) is 0.859. The van der Waals surface area contributed by atoms with E-state index in [-0.39, 0.29) is 18.5 Å². The summed E-state index contributed by atoms with van der Waals surface area (Å²) in [4.78, 5) is 17.8. The van der Waals surface area contributed by atoms with Gasteiger partial charge in [-0.2, -0.15) is 10.5 Å². The second-order valence-electron chi connectivity index (χ2n) is 5.38. The maximum absolute atomic E-state index is 12.0. The first-order valence-corrected chi connectivity index (χ1v) is 7.74. The summed E-state index contributed by atoms with van der Waals surface area (Å²) in [5, 5.41) is 23.9. The van der Waals surface area contributed by atoms with Crippen LogP contribution in [-0.4, -0.2) is 48.0 Å². The van der Waals surface area contributed by atoms with E-state index >= 15 is 0 Å². The van der Waals surface area contributed by atoms with Crippen LogP contribution in [0, 0.1) is 22.7 Å². The number of likely N-dealkylation sites (tertiary alicyclic amines) is 1. The van der Waals surface area contributed by atoms with Gasteiger partial charge in [0.25, 0.3) is 0 Å². The van der Waals surface area contributed by atoms with Gasteiger partial charge in [0.2, 0.25) is 5.91 Å². The maximum atomic E-state index is 12.0. The van der Waals surface area contributed by atoms with Crippen molar-refractivity contribution >= 4 is 11.7 Å². The quantitative estimate of drug-likeness (QED) is 0.724. The van der Waals surface area contributed by atoms with Gasteiger partial charge in [0.05, 0.1) is 18.2 Å². The van der Waals surface area contributed by atoms with Gasteiger partial charge in [-0.15, -0.1) is 0 Å². The first-order valence-electron chi connectivity index (χ1n) is 7.74. The normalized spacial score (nSPS) is 16.6. The minimum Gasteiger partial charge on any atom is -0.370 e. The van der Waals surface area contributed by atoms with E-state index in [1.807, 2.05) is 6.07 Å². The number of hydrogen-bond donors (Lipinski definition) is 2. The van der Waals surface area contributed by atoms with E-state index < -0.39 is 0 Å². The van der Waals surface area contributed by atoms with Crippen molar-refractivity contribution in [2.24, 2.45) is 0 Å². The second kappa shape index (κ2) is 8.72. The fourth-order valence-corrected chi connectivity index (χ4v) is 2.49. The highest BCUT2D eigenvalue weighted by atomic mass is 16.2. The number of carbonyl (C=O) groups excluding carboxylic acids is 1. The van der Waals surface area contributed by atoms with E-state index in [0.29, 0.717) is 18.7 Å². The van der Waals surface area contributed by atoms with Crippen molar-refractivity contribution in [3.05, 3.63) is 23.9 Å². The number of nitrogens with one attached hydrogen (secondary N) is 2. The Morgan fingerprint density at radius 2 is 2.26 bits per heavy atom. The van der Waals surface area contributed by atoms with Gasteiger partial charge in [-0.25, -0.2) is 4.98 Å². The van der Waals surface area contributed by atoms with Crippen LogP contribution in [0.15, 0.2) is 18.3 Å². The zero-order valence-corrected chi connectivity index (χ0v) is 13.0. The van der Waals surface area contributed by atoms with Crippen LogP contribution in [0.2, 0.25) is 0 Å². The van der Waals surface area contributed by atoms with Crippen molar-refractivity contribution in [2.45, 2.75) is 25.3 Å². The molecule has 0 radical (unpaired) electrons. The molecule has 0 unspecified atom stereocenters. The minimum atomic E-state index is -0.256. The zero-order chi connectivity index (χ0) is 16.5. The van der Waals surface area contributed by atoms with Gasteiger partial charge in [-0.3, -0.25) is 4.79 Å². The standard InChI is InChI=1S/C16H20N6O/c17-9-13-4-5-15(21-11-13)20-7-2-6-19-12-16(23)22-8-1-3-14(22)10-18/h4-5,11,14,19H,1-3,6-8,12H2,(H,20,21)/t14-/m0/s1. The lowest BCUT2D eigenvalue weighted by Gasteiger charge is -2.19. The van der Waals surface area contributed by atoms with Crippen LogP contribution < -0.4 is 10.6 Å². The van der Waals surface area contributed by atoms with Gasteiger partial charge in [-0.05, 0) is 37.9 Å². The van der Waals surface area contributed by atoms with Crippen molar-refractivity contribution in [2.75, 3.05) is 31.5 Å². The van der Waals surface area contributed by atoms with Gasteiger partial charge in [0.15, 0.2) is 0 Å². The summed E-state index contributed by atoms with van der Waals surface area (Å²) in [6.45, 7) is 2.39. The average Bonchev–Trinajstić information content (AvgIpc) is 3.07. The van der Waals surface area contributed by atoms with Crippen LogP contribution in [-0.2, 0) is 4.79 Å². The van der Waals surface area contributed by atoms with Gasteiger partial charge < -0.3 is 15.5 Å². The summed E-state index contributed by atoms with van der Waals surface area (Å²) in [7, 11) is 0. The highest BCUT2D eigenvalue weighted by molar-refractivity contribution is 5.79. The fourth-order valence-electron chi connectivity index (χ4n) is 2.49. The summed E-state index contributed by atoms with van der Waals surface area (Å²) < 4.78 is 0. The number of hydrogen-bond acceptors (Lipinski definition) is 6. The third-order valence-electron chi connectivity index (χ3n) is 3.73. The van der Waals surface area contributed by atoms with Gasteiger partial charge in [-0.1, -0.05) is 0 Å². The SMILES string of the molecule is N#Cc1ccc(NCCCNCC(=O)N2CCC[C@H]2C#N)nc1. The lowest BCUT2D eigenvalue weighted by atomic mass is 10.2. The van der Waals surface area contributed by atoms with Crippen LogP contribution in [0.3, 0.4) is 0 Å². The molecule has 1 amide bonds. The molecule has 23 heavy (non-hydrogen) atoms. The highest BCUT2D eigenvalue weighted by Gasteiger charge is 2.27. The number of rotatable bonds is 7. The molecule has 1 aliphatic rings. The first kappa shape index (κ1) is 16.7. The first-order chi connectivity index (χ1) is 11.2. The summed E-state index contributed by atoms with van der Waals surface area (Å²) >= 11 is 0. The number of anilines is 1. The molecular formula is C16H20N6O. The minimum absolute atomic E-state index is 0.00392. The Balaban J connectivity index is 1.58. The number of nitriles is 2. The Kier molecular flexibility index (Phi) is 6.34. The van der Waals surface area contributed by atoms with Crippen LogP contribution in [0.5, 0.6) is 0 Å². The van der Waals surface area contributed by atoms with E-state index in [4.69, 9.17) is 10.5 Å². The number of carbonyl (C=O) groups is 1. The third kappa shape index (κ3) is 4.94. The third-order valence-corrected chi connectivity index (χ3v) is 3.73. The number of aromatic nitrogens is 1. The van der Waals surface area contributed by atoms with Gasteiger partial charge in [0.1, 0.15) is 17.9 Å². The Labute approximate surface area is 135 Å². The van der Waals surface area contributed by atoms with E-state index in [1.165, 1.54) is 6.20 Å².